The van der Waals surface area contributed by atoms with Gasteiger partial charge in [-0.15, -0.1) is 0 Å². The summed E-state index contributed by atoms with van der Waals surface area (Å²) in [5, 5.41) is 3.21. The molecule has 1 aliphatic heterocycles. The third-order valence-electron chi connectivity index (χ3n) is 4.82. The Kier molecular flexibility index (Phi) is 6.54. The topological polar surface area (TPSA) is 72.1 Å². The Balaban J connectivity index is 1.45. The fourth-order valence-corrected chi connectivity index (χ4v) is 3.30. The molecule has 144 valence electrons. The van der Waals surface area contributed by atoms with E-state index in [1.165, 1.54) is 11.1 Å². The number of guanidine groups is 1. The zero-order valence-corrected chi connectivity index (χ0v) is 16.1. The first kappa shape index (κ1) is 19.0. The van der Waals surface area contributed by atoms with Gasteiger partial charge in [-0.05, 0) is 35.2 Å². The molecule has 0 aromatic heterocycles. The Morgan fingerprint density at radius 3 is 2.67 bits per heavy atom. The molecule has 0 unspecified atom stereocenters. The van der Waals surface area contributed by atoms with Crippen molar-refractivity contribution in [3.8, 4) is 11.5 Å². The molecule has 27 heavy (non-hydrogen) atoms. The van der Waals surface area contributed by atoms with Crippen LogP contribution in [0, 0.1) is 0 Å². The van der Waals surface area contributed by atoms with Gasteiger partial charge in [0.25, 0.3) is 0 Å². The zero-order chi connectivity index (χ0) is 19.1. The van der Waals surface area contributed by atoms with Crippen molar-refractivity contribution >= 4 is 5.96 Å². The highest BCUT2D eigenvalue weighted by Crippen LogP contribution is 2.27. The molecule has 0 radical (unpaired) electrons. The van der Waals surface area contributed by atoms with Crippen LogP contribution in [0.25, 0.3) is 0 Å². The number of nitrogens with two attached hydrogens (primary N) is 1. The highest BCUT2D eigenvalue weighted by molar-refractivity contribution is 5.77. The van der Waals surface area contributed by atoms with Crippen LogP contribution in [0.3, 0.4) is 0 Å². The number of benzene rings is 2. The van der Waals surface area contributed by atoms with E-state index in [9.17, 15) is 0 Å². The summed E-state index contributed by atoms with van der Waals surface area (Å²) >= 11 is 0. The summed E-state index contributed by atoms with van der Waals surface area (Å²) in [4.78, 5) is 6.85. The average Bonchev–Trinajstić information content (AvgIpc) is 2.72. The van der Waals surface area contributed by atoms with Gasteiger partial charge in [0.1, 0.15) is 0 Å². The maximum Gasteiger partial charge on any atom is 0.188 e. The predicted octanol–water partition coefficient (Wildman–Crippen LogP) is 2.17. The van der Waals surface area contributed by atoms with Gasteiger partial charge in [0.05, 0.1) is 20.8 Å². The Bertz CT molecular complexity index is 792. The van der Waals surface area contributed by atoms with Crippen molar-refractivity contribution in [3.63, 3.8) is 0 Å². The molecule has 0 saturated heterocycles. The second kappa shape index (κ2) is 9.28. The van der Waals surface area contributed by atoms with E-state index in [0.29, 0.717) is 24.0 Å². The van der Waals surface area contributed by atoms with E-state index in [2.05, 4.69) is 39.5 Å². The Morgan fingerprint density at radius 2 is 1.89 bits per heavy atom. The number of hydrogen-bond acceptors (Lipinski definition) is 4. The molecule has 0 spiro atoms. The standard InChI is InChI=1S/C21H28N4O2/c1-26-19-8-7-16(13-20(19)27-2)14-24-21(22)23-10-12-25-11-9-17-5-3-4-6-18(17)15-25/h3-8,13H,9-12,14-15H2,1-2H3,(H3,22,23,24). The Morgan fingerprint density at radius 1 is 1.11 bits per heavy atom. The second-order valence-corrected chi connectivity index (χ2v) is 6.61. The Labute approximate surface area is 161 Å². The van der Waals surface area contributed by atoms with Gasteiger partial charge in [0, 0.05) is 26.2 Å². The van der Waals surface area contributed by atoms with E-state index in [4.69, 9.17) is 15.2 Å². The maximum atomic E-state index is 6.00. The number of aliphatic imine (C=N–C) groups is 1. The molecule has 3 N–H and O–H groups in total. The van der Waals surface area contributed by atoms with E-state index in [0.717, 1.165) is 38.2 Å². The van der Waals surface area contributed by atoms with Crippen molar-refractivity contribution in [1.29, 1.82) is 0 Å². The van der Waals surface area contributed by atoms with Crippen LogP contribution in [-0.2, 0) is 19.5 Å². The molecule has 0 aliphatic carbocycles. The van der Waals surface area contributed by atoms with Crippen LogP contribution in [-0.4, -0.2) is 44.7 Å². The van der Waals surface area contributed by atoms with Gasteiger partial charge in [-0.25, -0.2) is 4.99 Å². The lowest BCUT2D eigenvalue weighted by Crippen LogP contribution is -2.40. The fourth-order valence-electron chi connectivity index (χ4n) is 3.30. The summed E-state index contributed by atoms with van der Waals surface area (Å²) in [5.74, 6) is 1.86. The minimum absolute atomic E-state index is 0.460. The Hall–Kier alpha value is -2.73. The van der Waals surface area contributed by atoms with E-state index in [-0.39, 0.29) is 0 Å². The number of nitrogens with zero attached hydrogens (tertiary/aromatic N) is 2. The van der Waals surface area contributed by atoms with Crippen molar-refractivity contribution in [2.45, 2.75) is 19.5 Å². The normalized spacial score (nSPS) is 14.5. The van der Waals surface area contributed by atoms with E-state index in [1.54, 1.807) is 14.2 Å². The molecule has 0 bridgehead atoms. The summed E-state index contributed by atoms with van der Waals surface area (Å²) < 4.78 is 10.6. The second-order valence-electron chi connectivity index (χ2n) is 6.61. The lowest BCUT2D eigenvalue weighted by atomic mass is 10.00. The fraction of sp³-hybridized carbons (Fsp3) is 0.381. The highest BCUT2D eigenvalue weighted by atomic mass is 16.5. The van der Waals surface area contributed by atoms with E-state index in [1.807, 2.05) is 18.2 Å². The van der Waals surface area contributed by atoms with Crippen LogP contribution in [0.4, 0.5) is 0 Å². The smallest absolute Gasteiger partial charge is 0.188 e. The predicted molar refractivity (Wildman–Crippen MR) is 108 cm³/mol. The molecule has 2 aromatic carbocycles. The van der Waals surface area contributed by atoms with Crippen molar-refractivity contribution in [2.24, 2.45) is 10.7 Å². The summed E-state index contributed by atoms with van der Waals surface area (Å²) in [7, 11) is 3.25. The van der Waals surface area contributed by atoms with Crippen LogP contribution in [0.5, 0.6) is 11.5 Å². The van der Waals surface area contributed by atoms with Crippen LogP contribution in [0.15, 0.2) is 47.5 Å². The third-order valence-corrected chi connectivity index (χ3v) is 4.82. The number of fused-ring (bicyclic) bond motifs is 1. The average molecular weight is 368 g/mol. The monoisotopic (exact) mass is 368 g/mol. The molecule has 1 aliphatic rings. The largest absolute Gasteiger partial charge is 0.493 e. The van der Waals surface area contributed by atoms with E-state index < -0.39 is 0 Å². The van der Waals surface area contributed by atoms with Gasteiger partial charge in [-0.2, -0.15) is 0 Å². The lowest BCUT2D eigenvalue weighted by Gasteiger charge is -2.28. The van der Waals surface area contributed by atoms with Crippen molar-refractivity contribution in [2.75, 3.05) is 33.9 Å². The number of rotatable bonds is 7. The van der Waals surface area contributed by atoms with Crippen molar-refractivity contribution in [3.05, 3.63) is 59.2 Å². The van der Waals surface area contributed by atoms with Crippen LogP contribution >= 0.6 is 0 Å². The summed E-state index contributed by atoms with van der Waals surface area (Å²) in [6.45, 7) is 4.31. The molecule has 6 heteroatoms. The molecule has 0 amide bonds. The number of hydrogen-bond donors (Lipinski definition) is 2. The molecular weight excluding hydrogens is 340 g/mol. The maximum absolute atomic E-state index is 6.00. The molecular formula is C21H28N4O2. The molecule has 6 nitrogen and oxygen atoms in total. The number of ether oxygens (including phenoxy) is 2. The molecule has 0 atom stereocenters. The van der Waals surface area contributed by atoms with Gasteiger partial charge in [-0.3, -0.25) is 4.90 Å². The first-order valence-electron chi connectivity index (χ1n) is 9.23. The van der Waals surface area contributed by atoms with Gasteiger partial charge < -0.3 is 20.5 Å². The summed E-state index contributed by atoms with van der Waals surface area (Å²) in [5.41, 5.74) is 9.92. The van der Waals surface area contributed by atoms with Crippen molar-refractivity contribution < 1.29 is 9.47 Å². The molecule has 1 heterocycles. The van der Waals surface area contributed by atoms with Crippen LogP contribution < -0.4 is 20.5 Å². The van der Waals surface area contributed by atoms with Crippen molar-refractivity contribution in [1.82, 2.24) is 10.2 Å². The van der Waals surface area contributed by atoms with Gasteiger partial charge in [-0.1, -0.05) is 30.3 Å². The zero-order valence-electron chi connectivity index (χ0n) is 16.1. The number of nitrogens with one attached hydrogen (secondary N) is 1. The van der Waals surface area contributed by atoms with Gasteiger partial charge in [0.15, 0.2) is 17.5 Å². The first-order chi connectivity index (χ1) is 13.2. The lowest BCUT2D eigenvalue weighted by molar-refractivity contribution is 0.258. The minimum Gasteiger partial charge on any atom is -0.493 e. The van der Waals surface area contributed by atoms with Crippen LogP contribution in [0.2, 0.25) is 0 Å². The summed E-state index contributed by atoms with van der Waals surface area (Å²) in [6.07, 6.45) is 1.11. The molecule has 0 saturated carbocycles. The molecule has 3 rings (SSSR count). The molecule has 0 fully saturated rings. The SMILES string of the molecule is COc1ccc(CN=C(N)NCCN2CCc3ccccc3C2)cc1OC. The summed E-state index contributed by atoms with van der Waals surface area (Å²) in [6, 6.07) is 14.4. The van der Waals surface area contributed by atoms with Crippen LogP contribution in [0.1, 0.15) is 16.7 Å². The third kappa shape index (κ3) is 5.14. The van der Waals surface area contributed by atoms with E-state index >= 15 is 0 Å². The minimum atomic E-state index is 0.460. The van der Waals surface area contributed by atoms with Gasteiger partial charge >= 0.3 is 0 Å². The highest BCUT2D eigenvalue weighted by Gasteiger charge is 2.14. The molecule has 2 aromatic rings. The van der Waals surface area contributed by atoms with Gasteiger partial charge in [0.2, 0.25) is 0 Å². The number of methoxy groups -OCH3 is 2. The quantitative estimate of drug-likeness (QED) is 0.579. The first-order valence-corrected chi connectivity index (χ1v) is 9.23.